The number of rotatable bonds is 3. The number of thioether (sulfide) groups is 1. The maximum absolute atomic E-state index is 5.25. The second-order valence-corrected chi connectivity index (χ2v) is 4.29. The summed E-state index contributed by atoms with van der Waals surface area (Å²) in [6.45, 7) is 2.33. The summed E-state index contributed by atoms with van der Waals surface area (Å²) in [6, 6.07) is 3.98. The van der Waals surface area contributed by atoms with E-state index in [4.69, 9.17) is 4.42 Å². The molecule has 1 aliphatic heterocycles. The summed E-state index contributed by atoms with van der Waals surface area (Å²) in [5, 5.41) is 4.14. The van der Waals surface area contributed by atoms with Gasteiger partial charge in [-0.15, -0.1) is 11.8 Å². The van der Waals surface area contributed by atoms with E-state index < -0.39 is 0 Å². The zero-order chi connectivity index (χ0) is 8.23. The van der Waals surface area contributed by atoms with Crippen LogP contribution in [-0.2, 0) is 5.75 Å². The molecule has 1 aromatic rings. The van der Waals surface area contributed by atoms with Gasteiger partial charge in [-0.25, -0.2) is 0 Å². The maximum Gasteiger partial charge on any atom is 0.113 e. The molecule has 66 valence electrons. The van der Waals surface area contributed by atoms with Gasteiger partial charge in [0.05, 0.1) is 12.0 Å². The van der Waals surface area contributed by atoms with Gasteiger partial charge in [-0.2, -0.15) is 0 Å². The lowest BCUT2D eigenvalue weighted by atomic mass is 10.4. The fourth-order valence-corrected chi connectivity index (χ4v) is 2.45. The monoisotopic (exact) mass is 183 g/mol. The Balaban J connectivity index is 1.74. The Hall–Kier alpha value is -0.410. The summed E-state index contributed by atoms with van der Waals surface area (Å²) in [5.74, 6) is 2.10. The predicted octanol–water partition coefficient (Wildman–Crippen LogP) is 1.87. The molecule has 0 aliphatic carbocycles. The fourth-order valence-electron chi connectivity index (χ4n) is 1.37. The van der Waals surface area contributed by atoms with Gasteiger partial charge in [0.1, 0.15) is 5.76 Å². The normalized spacial score (nSPS) is 23.2. The third-order valence-electron chi connectivity index (χ3n) is 2.06. The van der Waals surface area contributed by atoms with E-state index in [2.05, 4.69) is 5.32 Å². The summed E-state index contributed by atoms with van der Waals surface area (Å²) < 4.78 is 5.25. The molecule has 1 aromatic heterocycles. The molecule has 2 rings (SSSR count). The lowest BCUT2D eigenvalue weighted by Gasteiger charge is -2.04. The minimum Gasteiger partial charge on any atom is -0.468 e. The molecule has 0 bridgehead atoms. The third kappa shape index (κ3) is 2.05. The minimum absolute atomic E-state index is 0.787. The quantitative estimate of drug-likeness (QED) is 0.774. The molecule has 0 amide bonds. The highest BCUT2D eigenvalue weighted by Gasteiger charge is 2.14. The first-order valence-corrected chi connectivity index (χ1v) is 5.35. The number of nitrogens with one attached hydrogen (secondary N) is 1. The molecule has 0 aromatic carbocycles. The van der Waals surface area contributed by atoms with E-state index in [0.29, 0.717) is 0 Å². The van der Waals surface area contributed by atoms with Gasteiger partial charge >= 0.3 is 0 Å². The molecule has 1 N–H and O–H groups in total. The summed E-state index contributed by atoms with van der Waals surface area (Å²) in [7, 11) is 0. The first-order valence-electron chi connectivity index (χ1n) is 4.30. The summed E-state index contributed by atoms with van der Waals surface area (Å²) in [5.41, 5.74) is 0. The molecule has 0 unspecified atom stereocenters. The van der Waals surface area contributed by atoms with Crippen LogP contribution < -0.4 is 5.32 Å². The lowest BCUT2D eigenvalue weighted by Crippen LogP contribution is -2.10. The number of furan rings is 1. The van der Waals surface area contributed by atoms with E-state index in [9.17, 15) is 0 Å². The Bertz CT molecular complexity index is 216. The fraction of sp³-hybridized carbons (Fsp3) is 0.556. The molecule has 1 atom stereocenters. The first-order chi connectivity index (χ1) is 5.95. The average molecular weight is 183 g/mol. The Morgan fingerprint density at radius 3 is 3.33 bits per heavy atom. The SMILES string of the molecule is c1coc(CS[C@@H]2CCNC2)c1. The molecule has 1 aliphatic rings. The molecule has 12 heavy (non-hydrogen) atoms. The number of hydrogen-bond donors (Lipinski definition) is 1. The highest BCUT2D eigenvalue weighted by atomic mass is 32.2. The van der Waals surface area contributed by atoms with Crippen molar-refractivity contribution in [1.82, 2.24) is 5.32 Å². The van der Waals surface area contributed by atoms with Gasteiger partial charge in [0.25, 0.3) is 0 Å². The summed E-state index contributed by atoms with van der Waals surface area (Å²) >= 11 is 1.99. The molecule has 0 spiro atoms. The molecule has 1 saturated heterocycles. The van der Waals surface area contributed by atoms with Gasteiger partial charge < -0.3 is 9.73 Å². The van der Waals surface area contributed by atoms with E-state index in [0.717, 1.165) is 23.3 Å². The van der Waals surface area contributed by atoms with E-state index in [1.165, 1.54) is 13.0 Å². The van der Waals surface area contributed by atoms with Crippen LogP contribution in [0, 0.1) is 0 Å². The molecule has 1 fully saturated rings. The Morgan fingerprint density at radius 1 is 1.67 bits per heavy atom. The van der Waals surface area contributed by atoms with Crippen molar-refractivity contribution in [3.8, 4) is 0 Å². The maximum atomic E-state index is 5.25. The van der Waals surface area contributed by atoms with E-state index in [1.54, 1.807) is 6.26 Å². The Morgan fingerprint density at radius 2 is 2.67 bits per heavy atom. The second-order valence-electron chi connectivity index (χ2n) is 3.01. The molecule has 3 heteroatoms. The van der Waals surface area contributed by atoms with Crippen molar-refractivity contribution in [1.29, 1.82) is 0 Å². The molecule has 2 nitrogen and oxygen atoms in total. The molecular formula is C9H13NOS. The Kier molecular flexibility index (Phi) is 2.74. The zero-order valence-corrected chi connectivity index (χ0v) is 7.77. The Labute approximate surface area is 76.7 Å². The van der Waals surface area contributed by atoms with Crippen molar-refractivity contribution < 1.29 is 4.42 Å². The first kappa shape index (κ1) is 8.20. The average Bonchev–Trinajstić information content (AvgIpc) is 2.74. The lowest BCUT2D eigenvalue weighted by molar-refractivity contribution is 0.530. The van der Waals surface area contributed by atoms with E-state index >= 15 is 0 Å². The molecular weight excluding hydrogens is 170 g/mol. The van der Waals surface area contributed by atoms with Crippen LogP contribution in [0.3, 0.4) is 0 Å². The van der Waals surface area contributed by atoms with Crippen LogP contribution in [-0.4, -0.2) is 18.3 Å². The zero-order valence-electron chi connectivity index (χ0n) is 6.95. The van der Waals surface area contributed by atoms with Crippen LogP contribution in [0.15, 0.2) is 22.8 Å². The van der Waals surface area contributed by atoms with Crippen LogP contribution in [0.5, 0.6) is 0 Å². The van der Waals surface area contributed by atoms with Crippen LogP contribution in [0.1, 0.15) is 12.2 Å². The minimum atomic E-state index is 0.787. The molecule has 0 saturated carbocycles. The van der Waals surface area contributed by atoms with Gasteiger partial charge in [0.2, 0.25) is 0 Å². The van der Waals surface area contributed by atoms with Crippen LogP contribution in [0.4, 0.5) is 0 Å². The standard InChI is InChI=1S/C9H13NOS/c1-2-8(11-5-1)7-12-9-3-4-10-6-9/h1-2,5,9-10H,3-4,6-7H2/t9-/m1/s1. The predicted molar refractivity (Wildman–Crippen MR) is 51.3 cm³/mol. The molecule has 2 heterocycles. The van der Waals surface area contributed by atoms with Gasteiger partial charge in [-0.05, 0) is 25.1 Å². The second kappa shape index (κ2) is 4.01. The third-order valence-corrected chi connectivity index (χ3v) is 3.38. The van der Waals surface area contributed by atoms with Crippen molar-refractivity contribution in [2.75, 3.05) is 13.1 Å². The van der Waals surface area contributed by atoms with Crippen molar-refractivity contribution in [3.63, 3.8) is 0 Å². The van der Waals surface area contributed by atoms with Crippen LogP contribution in [0.2, 0.25) is 0 Å². The largest absolute Gasteiger partial charge is 0.468 e. The topological polar surface area (TPSA) is 25.2 Å². The summed E-state index contributed by atoms with van der Waals surface area (Å²) in [6.07, 6.45) is 3.04. The summed E-state index contributed by atoms with van der Waals surface area (Å²) in [4.78, 5) is 0. The van der Waals surface area contributed by atoms with Gasteiger partial charge in [-0.1, -0.05) is 0 Å². The van der Waals surface area contributed by atoms with E-state index in [1.807, 2.05) is 23.9 Å². The highest BCUT2D eigenvalue weighted by Crippen LogP contribution is 2.21. The van der Waals surface area contributed by atoms with Gasteiger partial charge in [0, 0.05) is 11.8 Å². The highest BCUT2D eigenvalue weighted by molar-refractivity contribution is 7.99. The van der Waals surface area contributed by atoms with Crippen molar-refractivity contribution >= 4 is 11.8 Å². The van der Waals surface area contributed by atoms with Gasteiger partial charge in [0.15, 0.2) is 0 Å². The van der Waals surface area contributed by atoms with Gasteiger partial charge in [-0.3, -0.25) is 0 Å². The van der Waals surface area contributed by atoms with Crippen LogP contribution in [0.25, 0.3) is 0 Å². The molecule has 0 radical (unpaired) electrons. The van der Waals surface area contributed by atoms with Crippen molar-refractivity contribution in [3.05, 3.63) is 24.2 Å². The van der Waals surface area contributed by atoms with Crippen LogP contribution >= 0.6 is 11.8 Å². The van der Waals surface area contributed by atoms with Crippen molar-refractivity contribution in [2.24, 2.45) is 0 Å². The smallest absolute Gasteiger partial charge is 0.113 e. The van der Waals surface area contributed by atoms with E-state index in [-0.39, 0.29) is 0 Å². The number of hydrogen-bond acceptors (Lipinski definition) is 3. The van der Waals surface area contributed by atoms with Crippen molar-refractivity contribution in [2.45, 2.75) is 17.4 Å².